The van der Waals surface area contributed by atoms with Gasteiger partial charge in [0.15, 0.2) is 0 Å². The Balaban J connectivity index is 2.50. The van der Waals surface area contributed by atoms with E-state index in [0.717, 1.165) is 5.56 Å². The van der Waals surface area contributed by atoms with Gasteiger partial charge in [-0.25, -0.2) is 8.42 Å². The van der Waals surface area contributed by atoms with E-state index in [0.29, 0.717) is 0 Å². The molecule has 7 heteroatoms. The van der Waals surface area contributed by atoms with Crippen LogP contribution in [0, 0.1) is 6.92 Å². The number of anilines is 1. The molecule has 1 N–H and O–H groups in total. The van der Waals surface area contributed by atoms with Crippen molar-refractivity contribution in [1.82, 2.24) is 0 Å². The third-order valence-corrected chi connectivity index (χ3v) is 4.39. The molecule has 0 aliphatic carbocycles. The Morgan fingerprint density at radius 2 is 1.86 bits per heavy atom. The number of carbonyl (C=O) groups is 1. The van der Waals surface area contributed by atoms with Crippen molar-refractivity contribution in [2.24, 2.45) is 0 Å². The highest BCUT2D eigenvalue weighted by Gasteiger charge is 2.21. The van der Waals surface area contributed by atoms with Crippen LogP contribution in [0.2, 0.25) is 0 Å². The molecule has 0 atom stereocenters. The quantitative estimate of drug-likeness (QED) is 0.892. The molecule has 0 saturated carbocycles. The molecule has 0 unspecified atom stereocenters. The van der Waals surface area contributed by atoms with Crippen molar-refractivity contribution in [2.45, 2.75) is 11.8 Å². The lowest BCUT2D eigenvalue weighted by Gasteiger charge is -2.15. The van der Waals surface area contributed by atoms with Gasteiger partial charge in [0.2, 0.25) is 0 Å². The molecule has 0 amide bonds. The number of hydrogen-bond acceptors (Lipinski definition) is 5. The number of sulfonamides is 1. The van der Waals surface area contributed by atoms with E-state index in [1.165, 1.54) is 43.5 Å². The van der Waals surface area contributed by atoms with Gasteiger partial charge in [-0.15, -0.1) is 0 Å². The number of rotatable bonds is 5. The summed E-state index contributed by atoms with van der Waals surface area (Å²) in [5.41, 5.74) is 0.429. The van der Waals surface area contributed by atoms with Crippen molar-refractivity contribution in [3.63, 3.8) is 0 Å². The van der Waals surface area contributed by atoms with Crippen LogP contribution in [0.5, 0.6) is 5.75 Å². The fraction of sp³-hybridized carbons (Fsp3) is 0.133. The van der Waals surface area contributed by atoms with Crippen LogP contribution in [0.3, 0.4) is 0 Å². The first-order chi connectivity index (χ1) is 10.3. The molecular formula is C15H14NO5S-. The third kappa shape index (κ3) is 3.20. The van der Waals surface area contributed by atoms with Crippen LogP contribution < -0.4 is 14.6 Å². The summed E-state index contributed by atoms with van der Waals surface area (Å²) in [7, 11) is -2.64. The van der Waals surface area contributed by atoms with Gasteiger partial charge in [0.25, 0.3) is 10.0 Å². The van der Waals surface area contributed by atoms with Gasteiger partial charge in [0, 0.05) is 5.56 Å². The monoisotopic (exact) mass is 320 g/mol. The highest BCUT2D eigenvalue weighted by molar-refractivity contribution is 7.92. The SMILES string of the molecule is COc1ccc(C)cc1S(=O)(=O)Nc1ccccc1C(=O)[O-]. The summed E-state index contributed by atoms with van der Waals surface area (Å²) in [6, 6.07) is 10.3. The summed E-state index contributed by atoms with van der Waals surface area (Å²) in [5.74, 6) is -1.29. The third-order valence-electron chi connectivity index (χ3n) is 3.00. The normalized spacial score (nSPS) is 11.0. The molecule has 0 aromatic heterocycles. The second-order valence-corrected chi connectivity index (χ2v) is 6.24. The second-order valence-electron chi connectivity index (χ2n) is 4.59. The molecule has 0 saturated heterocycles. The molecule has 0 spiro atoms. The molecule has 22 heavy (non-hydrogen) atoms. The minimum absolute atomic E-state index is 0.0638. The molecule has 2 aromatic carbocycles. The molecule has 0 aliphatic heterocycles. The molecule has 0 bridgehead atoms. The van der Waals surface area contributed by atoms with Gasteiger partial charge in [-0.1, -0.05) is 24.3 Å². The van der Waals surface area contributed by atoms with Gasteiger partial charge in [-0.3, -0.25) is 4.72 Å². The van der Waals surface area contributed by atoms with Crippen LogP contribution in [0.25, 0.3) is 0 Å². The lowest BCUT2D eigenvalue weighted by Crippen LogP contribution is -2.25. The number of hydrogen-bond donors (Lipinski definition) is 1. The number of carboxylic acid groups (broad SMARTS) is 1. The number of ether oxygens (including phenoxy) is 1. The number of para-hydroxylation sites is 1. The van der Waals surface area contributed by atoms with Crippen LogP contribution in [0.15, 0.2) is 47.4 Å². The number of aromatic carboxylic acids is 1. The van der Waals surface area contributed by atoms with Crippen LogP contribution in [0.4, 0.5) is 5.69 Å². The van der Waals surface area contributed by atoms with E-state index in [2.05, 4.69) is 4.72 Å². The first-order valence-electron chi connectivity index (χ1n) is 6.33. The average Bonchev–Trinajstić information content (AvgIpc) is 2.47. The summed E-state index contributed by atoms with van der Waals surface area (Å²) in [5, 5.41) is 11.1. The number of nitrogens with one attached hydrogen (secondary N) is 1. The Bertz CT molecular complexity index is 814. The molecule has 0 aliphatic rings. The van der Waals surface area contributed by atoms with Crippen LogP contribution >= 0.6 is 0 Å². The molecule has 6 nitrogen and oxygen atoms in total. The van der Waals surface area contributed by atoms with Crippen LogP contribution in [-0.4, -0.2) is 21.5 Å². The van der Waals surface area contributed by atoms with E-state index in [4.69, 9.17) is 4.74 Å². The Morgan fingerprint density at radius 1 is 1.18 bits per heavy atom. The minimum atomic E-state index is -4.00. The number of methoxy groups -OCH3 is 1. The highest BCUT2D eigenvalue weighted by Crippen LogP contribution is 2.27. The van der Waals surface area contributed by atoms with E-state index < -0.39 is 16.0 Å². The predicted molar refractivity (Wildman–Crippen MR) is 79.3 cm³/mol. The lowest BCUT2D eigenvalue weighted by atomic mass is 10.2. The summed E-state index contributed by atoms with van der Waals surface area (Å²) in [6.07, 6.45) is 0. The van der Waals surface area contributed by atoms with E-state index in [-0.39, 0.29) is 21.9 Å². The van der Waals surface area contributed by atoms with Gasteiger partial charge in [-0.2, -0.15) is 0 Å². The van der Waals surface area contributed by atoms with Crippen LogP contribution in [-0.2, 0) is 10.0 Å². The Hall–Kier alpha value is -2.54. The fourth-order valence-electron chi connectivity index (χ4n) is 1.94. The summed E-state index contributed by atoms with van der Waals surface area (Å²) >= 11 is 0. The van der Waals surface area contributed by atoms with E-state index in [1.807, 2.05) is 0 Å². The maximum atomic E-state index is 12.5. The van der Waals surface area contributed by atoms with Crippen molar-refractivity contribution in [3.8, 4) is 5.75 Å². The van der Waals surface area contributed by atoms with Crippen molar-refractivity contribution in [2.75, 3.05) is 11.8 Å². The Morgan fingerprint density at radius 3 is 2.50 bits per heavy atom. The average molecular weight is 320 g/mol. The van der Waals surface area contributed by atoms with Gasteiger partial charge in [-0.05, 0) is 30.7 Å². The van der Waals surface area contributed by atoms with Gasteiger partial charge < -0.3 is 14.6 Å². The molecular weight excluding hydrogens is 306 g/mol. The van der Waals surface area contributed by atoms with Crippen molar-refractivity contribution in [1.29, 1.82) is 0 Å². The van der Waals surface area contributed by atoms with Crippen molar-refractivity contribution >= 4 is 21.7 Å². The number of carbonyl (C=O) groups excluding carboxylic acids is 1. The van der Waals surface area contributed by atoms with Crippen LogP contribution in [0.1, 0.15) is 15.9 Å². The molecule has 2 aromatic rings. The highest BCUT2D eigenvalue weighted by atomic mass is 32.2. The lowest BCUT2D eigenvalue weighted by molar-refractivity contribution is -0.254. The van der Waals surface area contributed by atoms with Gasteiger partial charge in [0.05, 0.1) is 18.8 Å². The van der Waals surface area contributed by atoms with E-state index in [1.54, 1.807) is 13.0 Å². The first kappa shape index (κ1) is 15.8. The standard InChI is InChI=1S/C15H15NO5S/c1-10-7-8-13(21-2)14(9-10)22(19,20)16-12-6-4-3-5-11(12)15(17)18/h3-9,16H,1-2H3,(H,17,18)/p-1. The summed E-state index contributed by atoms with van der Waals surface area (Å²) in [6.45, 7) is 1.74. The predicted octanol–water partition coefficient (Wildman–Crippen LogP) is 1.17. The zero-order valence-electron chi connectivity index (χ0n) is 12.0. The topological polar surface area (TPSA) is 95.5 Å². The van der Waals surface area contributed by atoms with E-state index >= 15 is 0 Å². The molecule has 2 rings (SSSR count). The smallest absolute Gasteiger partial charge is 0.265 e. The number of aryl methyl sites for hydroxylation is 1. The fourth-order valence-corrected chi connectivity index (χ4v) is 3.28. The Labute approximate surface area is 128 Å². The maximum absolute atomic E-state index is 12.5. The van der Waals surface area contributed by atoms with Gasteiger partial charge in [0.1, 0.15) is 10.6 Å². The number of benzene rings is 2. The molecule has 0 heterocycles. The maximum Gasteiger partial charge on any atom is 0.265 e. The van der Waals surface area contributed by atoms with Gasteiger partial charge >= 0.3 is 0 Å². The summed E-state index contributed by atoms with van der Waals surface area (Å²) in [4.78, 5) is 11.0. The second kappa shape index (κ2) is 6.07. The minimum Gasteiger partial charge on any atom is -0.545 e. The Kier molecular flexibility index (Phi) is 4.37. The summed E-state index contributed by atoms with van der Waals surface area (Å²) < 4.78 is 32.3. The molecule has 0 radical (unpaired) electrons. The zero-order valence-corrected chi connectivity index (χ0v) is 12.8. The largest absolute Gasteiger partial charge is 0.545 e. The molecule has 0 fully saturated rings. The van der Waals surface area contributed by atoms with Crippen molar-refractivity contribution in [3.05, 3.63) is 53.6 Å². The zero-order chi connectivity index (χ0) is 16.3. The molecule has 116 valence electrons. The first-order valence-corrected chi connectivity index (χ1v) is 7.81. The van der Waals surface area contributed by atoms with E-state index in [9.17, 15) is 18.3 Å². The van der Waals surface area contributed by atoms with Crippen molar-refractivity contribution < 1.29 is 23.1 Å². The number of carboxylic acids is 1.